The van der Waals surface area contributed by atoms with Gasteiger partial charge in [-0.25, -0.2) is 0 Å². The molecule has 0 unspecified atom stereocenters. The normalized spacial score (nSPS) is 10.4. The van der Waals surface area contributed by atoms with E-state index in [0.717, 1.165) is 22.3 Å². The van der Waals surface area contributed by atoms with Gasteiger partial charge in [-0.1, -0.05) is 24.3 Å². The third-order valence-electron chi connectivity index (χ3n) is 2.73. The molecule has 0 amide bonds. The highest BCUT2D eigenvalue weighted by molar-refractivity contribution is 5.90. The third kappa shape index (κ3) is 2.13. The molecule has 2 aromatic heterocycles. The first-order chi connectivity index (χ1) is 8.93. The fourth-order valence-electron chi connectivity index (χ4n) is 1.84. The highest BCUT2D eigenvalue weighted by Crippen LogP contribution is 2.19. The Morgan fingerprint density at radius 2 is 1.89 bits per heavy atom. The zero-order chi connectivity index (χ0) is 12.2. The molecule has 0 bridgehead atoms. The molecule has 88 valence electrons. The molecule has 0 aliphatic heterocycles. The predicted octanol–water partition coefficient (Wildman–Crippen LogP) is 2.64. The lowest BCUT2D eigenvalue weighted by Crippen LogP contribution is -2.02. The van der Waals surface area contributed by atoms with Crippen molar-refractivity contribution in [1.29, 1.82) is 0 Å². The van der Waals surface area contributed by atoms with Gasteiger partial charge in [-0.15, -0.1) is 0 Å². The van der Waals surface area contributed by atoms with E-state index in [9.17, 15) is 0 Å². The Morgan fingerprint density at radius 3 is 2.78 bits per heavy atom. The number of nitrogens with one attached hydrogen (secondary N) is 1. The van der Waals surface area contributed by atoms with E-state index in [1.165, 1.54) is 0 Å². The molecule has 0 aliphatic carbocycles. The summed E-state index contributed by atoms with van der Waals surface area (Å²) in [5.41, 5.74) is 2.87. The number of aromatic nitrogens is 3. The van der Waals surface area contributed by atoms with Crippen LogP contribution in [0.4, 0.5) is 5.69 Å². The lowest BCUT2D eigenvalue weighted by atomic mass is 10.2. The number of rotatable bonds is 3. The van der Waals surface area contributed by atoms with Gasteiger partial charge >= 0.3 is 0 Å². The van der Waals surface area contributed by atoms with Crippen molar-refractivity contribution < 1.29 is 0 Å². The molecule has 1 aromatic carbocycles. The van der Waals surface area contributed by atoms with Crippen LogP contribution in [0.2, 0.25) is 0 Å². The largest absolute Gasteiger partial charge is 0.378 e. The summed E-state index contributed by atoms with van der Waals surface area (Å²) >= 11 is 0. The first-order valence-corrected chi connectivity index (χ1v) is 5.78. The summed E-state index contributed by atoms with van der Waals surface area (Å²) in [5, 5.41) is 12.5. The number of anilines is 1. The second kappa shape index (κ2) is 4.79. The number of hydrogen-bond acceptors (Lipinski definition) is 4. The maximum absolute atomic E-state index is 4.28. The second-order valence-electron chi connectivity index (χ2n) is 3.95. The fraction of sp³-hybridized carbons (Fsp3) is 0.0714. The molecule has 4 nitrogen and oxygen atoms in total. The van der Waals surface area contributed by atoms with Crippen LogP contribution in [-0.4, -0.2) is 15.2 Å². The van der Waals surface area contributed by atoms with Gasteiger partial charge in [-0.05, 0) is 18.2 Å². The van der Waals surface area contributed by atoms with E-state index in [1.807, 2.05) is 42.5 Å². The van der Waals surface area contributed by atoms with Crippen LogP contribution in [0.15, 0.2) is 54.9 Å². The molecule has 0 saturated heterocycles. The third-order valence-corrected chi connectivity index (χ3v) is 2.73. The molecule has 0 saturated carbocycles. The summed E-state index contributed by atoms with van der Waals surface area (Å²) in [5.74, 6) is 0. The van der Waals surface area contributed by atoms with Crippen molar-refractivity contribution in [1.82, 2.24) is 15.2 Å². The number of fused-ring (bicyclic) bond motifs is 1. The lowest BCUT2D eigenvalue weighted by Gasteiger charge is -2.07. The predicted molar refractivity (Wildman–Crippen MR) is 71.1 cm³/mol. The van der Waals surface area contributed by atoms with Gasteiger partial charge in [0.25, 0.3) is 0 Å². The molecular weight excluding hydrogens is 224 g/mol. The number of nitrogens with zero attached hydrogens (tertiary/aromatic N) is 3. The summed E-state index contributed by atoms with van der Waals surface area (Å²) in [6, 6.07) is 13.8. The van der Waals surface area contributed by atoms with Gasteiger partial charge in [0.05, 0.1) is 29.6 Å². The molecule has 1 N–H and O–H groups in total. The quantitative estimate of drug-likeness (QED) is 0.759. The van der Waals surface area contributed by atoms with Crippen molar-refractivity contribution in [3.8, 4) is 0 Å². The molecule has 0 atom stereocenters. The van der Waals surface area contributed by atoms with Crippen LogP contribution in [0.3, 0.4) is 0 Å². The minimum atomic E-state index is 0.677. The highest BCUT2D eigenvalue weighted by atomic mass is 15.1. The van der Waals surface area contributed by atoms with Gasteiger partial charge in [0.15, 0.2) is 0 Å². The zero-order valence-electron chi connectivity index (χ0n) is 9.74. The molecule has 18 heavy (non-hydrogen) atoms. The van der Waals surface area contributed by atoms with E-state index >= 15 is 0 Å². The van der Waals surface area contributed by atoms with Crippen molar-refractivity contribution in [3.63, 3.8) is 0 Å². The van der Waals surface area contributed by atoms with Crippen LogP contribution in [0, 0.1) is 0 Å². The van der Waals surface area contributed by atoms with Gasteiger partial charge in [0.2, 0.25) is 0 Å². The SMILES string of the molecule is c1ccc(CNc2cnnc3ccccc23)nc1. The van der Waals surface area contributed by atoms with E-state index in [2.05, 4.69) is 20.5 Å². The smallest absolute Gasteiger partial charge is 0.0950 e. The summed E-state index contributed by atoms with van der Waals surface area (Å²) in [6.45, 7) is 0.677. The zero-order valence-corrected chi connectivity index (χ0v) is 9.74. The number of pyridine rings is 1. The van der Waals surface area contributed by atoms with E-state index in [4.69, 9.17) is 0 Å². The molecule has 3 aromatic rings. The average molecular weight is 236 g/mol. The molecular formula is C14H12N4. The van der Waals surface area contributed by atoms with Crippen molar-refractivity contribution in [2.75, 3.05) is 5.32 Å². The van der Waals surface area contributed by atoms with E-state index in [-0.39, 0.29) is 0 Å². The van der Waals surface area contributed by atoms with Crippen LogP contribution >= 0.6 is 0 Å². The van der Waals surface area contributed by atoms with Crippen molar-refractivity contribution in [2.45, 2.75) is 6.54 Å². The summed E-state index contributed by atoms with van der Waals surface area (Å²) < 4.78 is 0. The first-order valence-electron chi connectivity index (χ1n) is 5.78. The second-order valence-corrected chi connectivity index (χ2v) is 3.95. The van der Waals surface area contributed by atoms with Crippen molar-refractivity contribution in [3.05, 3.63) is 60.6 Å². The maximum atomic E-state index is 4.28. The van der Waals surface area contributed by atoms with Crippen LogP contribution in [0.5, 0.6) is 0 Å². The molecule has 4 heteroatoms. The van der Waals surface area contributed by atoms with Crippen LogP contribution in [-0.2, 0) is 6.54 Å². The minimum absolute atomic E-state index is 0.677. The van der Waals surface area contributed by atoms with Gasteiger partial charge in [0, 0.05) is 11.6 Å². The van der Waals surface area contributed by atoms with Gasteiger partial charge in [-0.2, -0.15) is 10.2 Å². The highest BCUT2D eigenvalue weighted by Gasteiger charge is 2.01. The van der Waals surface area contributed by atoms with Crippen LogP contribution < -0.4 is 5.32 Å². The average Bonchev–Trinajstić information content (AvgIpc) is 2.46. The van der Waals surface area contributed by atoms with Crippen molar-refractivity contribution >= 4 is 16.6 Å². The first kappa shape index (κ1) is 10.7. The molecule has 2 heterocycles. The molecule has 0 radical (unpaired) electrons. The van der Waals surface area contributed by atoms with Gasteiger partial charge in [0.1, 0.15) is 0 Å². The monoisotopic (exact) mass is 236 g/mol. The number of hydrogen-bond donors (Lipinski definition) is 1. The Kier molecular flexibility index (Phi) is 2.84. The summed E-state index contributed by atoms with van der Waals surface area (Å²) in [7, 11) is 0. The van der Waals surface area contributed by atoms with Gasteiger partial charge in [-0.3, -0.25) is 4.98 Å². The molecule has 0 fully saturated rings. The van der Waals surface area contributed by atoms with E-state index in [1.54, 1.807) is 12.4 Å². The van der Waals surface area contributed by atoms with Crippen LogP contribution in [0.1, 0.15) is 5.69 Å². The Labute approximate surface area is 105 Å². The number of benzene rings is 1. The Hall–Kier alpha value is -2.49. The van der Waals surface area contributed by atoms with E-state index in [0.29, 0.717) is 6.54 Å². The van der Waals surface area contributed by atoms with Crippen molar-refractivity contribution in [2.24, 2.45) is 0 Å². The molecule has 0 aliphatic rings. The lowest BCUT2D eigenvalue weighted by molar-refractivity contribution is 1.03. The maximum Gasteiger partial charge on any atom is 0.0950 e. The Balaban J connectivity index is 1.87. The van der Waals surface area contributed by atoms with Gasteiger partial charge < -0.3 is 5.32 Å². The topological polar surface area (TPSA) is 50.7 Å². The fourth-order valence-corrected chi connectivity index (χ4v) is 1.84. The minimum Gasteiger partial charge on any atom is -0.378 e. The Morgan fingerprint density at radius 1 is 1.00 bits per heavy atom. The summed E-state index contributed by atoms with van der Waals surface area (Å²) in [6.07, 6.45) is 3.53. The standard InChI is InChI=1S/C14H12N4/c1-2-7-13-12(6-1)14(10-17-18-13)16-9-11-5-3-4-8-15-11/h1-8,10H,9H2,(H,16,18). The summed E-state index contributed by atoms with van der Waals surface area (Å²) in [4.78, 5) is 4.28. The molecule has 3 rings (SSSR count). The van der Waals surface area contributed by atoms with E-state index < -0.39 is 0 Å². The van der Waals surface area contributed by atoms with Crippen LogP contribution in [0.25, 0.3) is 10.9 Å². The Bertz CT molecular complexity index is 647. The molecule has 0 spiro atoms.